The van der Waals surface area contributed by atoms with Crippen LogP contribution in [0.2, 0.25) is 0 Å². The normalized spacial score (nSPS) is 53.5. The van der Waals surface area contributed by atoms with E-state index in [1.54, 1.807) is 5.56 Å². The summed E-state index contributed by atoms with van der Waals surface area (Å²) in [6.45, 7) is 0. The maximum absolute atomic E-state index is 5.93. The molecule has 2 bridgehead atoms. The van der Waals surface area contributed by atoms with Crippen molar-refractivity contribution in [2.45, 2.75) is 37.4 Å². The van der Waals surface area contributed by atoms with Crippen LogP contribution in [0.1, 0.15) is 30.7 Å². The summed E-state index contributed by atoms with van der Waals surface area (Å²) in [4.78, 5) is 0. The predicted octanol–water partition coefficient (Wildman–Crippen LogP) is 3.21. The number of rotatable bonds is 1. The van der Waals surface area contributed by atoms with Crippen LogP contribution in [0.4, 0.5) is 0 Å². The molecule has 0 radical (unpaired) electrons. The molecule has 6 atom stereocenters. The van der Waals surface area contributed by atoms with E-state index in [9.17, 15) is 0 Å². The lowest BCUT2D eigenvalue weighted by atomic mass is 9.82. The third kappa shape index (κ3) is 1.01. The van der Waals surface area contributed by atoms with E-state index >= 15 is 0 Å². The second-order valence-corrected chi connectivity index (χ2v) is 6.42. The van der Waals surface area contributed by atoms with Crippen LogP contribution in [0.5, 0.6) is 0 Å². The van der Waals surface area contributed by atoms with Crippen molar-refractivity contribution in [3.63, 3.8) is 0 Å². The van der Waals surface area contributed by atoms with Crippen molar-refractivity contribution in [1.29, 1.82) is 0 Å². The van der Waals surface area contributed by atoms with E-state index in [1.165, 1.54) is 19.3 Å². The van der Waals surface area contributed by atoms with Gasteiger partial charge in [0.2, 0.25) is 0 Å². The van der Waals surface area contributed by atoms with Gasteiger partial charge in [-0.15, -0.1) is 0 Å². The number of epoxide rings is 1. The zero-order valence-electron chi connectivity index (χ0n) is 9.96. The van der Waals surface area contributed by atoms with Crippen molar-refractivity contribution < 1.29 is 4.74 Å². The molecule has 17 heavy (non-hydrogen) atoms. The highest BCUT2D eigenvalue weighted by Crippen LogP contribution is 2.71. The van der Waals surface area contributed by atoms with Gasteiger partial charge in [0.15, 0.2) is 0 Å². The zero-order valence-corrected chi connectivity index (χ0v) is 9.96. The number of fused-ring (bicyclic) bond motifs is 8. The highest BCUT2D eigenvalue weighted by atomic mass is 16.6. The smallest absolute Gasteiger partial charge is 0.0881 e. The van der Waals surface area contributed by atoms with Crippen molar-refractivity contribution in [2.24, 2.45) is 23.7 Å². The second kappa shape index (κ2) is 2.95. The number of benzene rings is 1. The molecule has 3 saturated carbocycles. The Balaban J connectivity index is 1.60. The molecule has 1 heteroatoms. The largest absolute Gasteiger partial charge is 0.369 e. The Bertz CT molecular complexity index is 432. The van der Waals surface area contributed by atoms with Crippen LogP contribution in [0.3, 0.4) is 0 Å². The number of hydrogen-bond acceptors (Lipinski definition) is 1. The molecular weight excluding hydrogens is 208 g/mol. The predicted molar refractivity (Wildman–Crippen MR) is 65.7 cm³/mol. The molecule has 4 aliphatic rings. The van der Waals surface area contributed by atoms with E-state index in [1.807, 2.05) is 0 Å². The lowest BCUT2D eigenvalue weighted by Crippen LogP contribution is -2.22. The van der Waals surface area contributed by atoms with E-state index < -0.39 is 0 Å². The molecule has 1 aliphatic heterocycles. The first-order chi connectivity index (χ1) is 8.45. The minimum absolute atomic E-state index is 0.643. The molecule has 1 nitrogen and oxygen atoms in total. The molecule has 0 amide bonds. The van der Waals surface area contributed by atoms with Gasteiger partial charge in [-0.2, -0.15) is 0 Å². The van der Waals surface area contributed by atoms with Gasteiger partial charge in [0.1, 0.15) is 0 Å². The highest BCUT2D eigenvalue weighted by molar-refractivity contribution is 5.32. The lowest BCUT2D eigenvalue weighted by molar-refractivity contribution is 0.217. The first-order valence-electron chi connectivity index (χ1n) is 7.15. The Hall–Kier alpha value is -0.820. The molecule has 3 aliphatic carbocycles. The van der Waals surface area contributed by atoms with Gasteiger partial charge in [-0.1, -0.05) is 36.8 Å². The topological polar surface area (TPSA) is 12.5 Å². The quantitative estimate of drug-likeness (QED) is 0.670. The van der Waals surface area contributed by atoms with E-state index in [4.69, 9.17) is 4.74 Å². The van der Waals surface area contributed by atoms with Gasteiger partial charge in [-0.05, 0) is 48.0 Å². The van der Waals surface area contributed by atoms with Gasteiger partial charge in [0, 0.05) is 0 Å². The van der Waals surface area contributed by atoms with Crippen molar-refractivity contribution in [3.8, 4) is 0 Å². The second-order valence-electron chi connectivity index (χ2n) is 6.42. The molecule has 5 rings (SSSR count). The third-order valence-electron chi connectivity index (χ3n) is 5.95. The van der Waals surface area contributed by atoms with Crippen LogP contribution in [-0.2, 0) is 4.74 Å². The van der Waals surface area contributed by atoms with Gasteiger partial charge in [-0.3, -0.25) is 0 Å². The Morgan fingerprint density at radius 2 is 1.53 bits per heavy atom. The first kappa shape index (κ1) is 9.16. The van der Waals surface area contributed by atoms with Gasteiger partial charge in [0.25, 0.3) is 0 Å². The molecule has 0 spiro atoms. The lowest BCUT2D eigenvalue weighted by Gasteiger charge is -2.21. The summed E-state index contributed by atoms with van der Waals surface area (Å²) >= 11 is 0. The molecule has 6 unspecified atom stereocenters. The van der Waals surface area contributed by atoms with E-state index in [2.05, 4.69) is 30.3 Å². The molecule has 1 saturated heterocycles. The van der Waals surface area contributed by atoms with Crippen LogP contribution in [0.15, 0.2) is 30.3 Å². The van der Waals surface area contributed by atoms with E-state index in [0.29, 0.717) is 12.2 Å². The Kier molecular flexibility index (Phi) is 1.59. The molecule has 88 valence electrons. The first-order valence-corrected chi connectivity index (χ1v) is 7.15. The van der Waals surface area contributed by atoms with Crippen LogP contribution in [0, 0.1) is 23.7 Å². The Labute approximate surface area is 102 Å². The SMILES string of the molecule is c1ccc(C2C3C4CCCC4C2C2OC23)cc1. The molecule has 0 aromatic heterocycles. The number of ether oxygens (including phenoxy) is 1. The molecule has 4 fully saturated rings. The van der Waals surface area contributed by atoms with Gasteiger partial charge in [-0.25, -0.2) is 0 Å². The van der Waals surface area contributed by atoms with Crippen molar-refractivity contribution >= 4 is 0 Å². The van der Waals surface area contributed by atoms with E-state index in [-0.39, 0.29) is 0 Å². The standard InChI is InChI=1S/C16H18O/c1-2-5-9(6-3-1)12-13-10-7-4-8-11(10)14(12)16-15(13)17-16/h1-3,5-6,10-16H,4,7-8H2. The molecular formula is C16H18O. The van der Waals surface area contributed by atoms with Gasteiger partial charge in [0.05, 0.1) is 12.2 Å². The number of hydrogen-bond donors (Lipinski definition) is 0. The van der Waals surface area contributed by atoms with Gasteiger partial charge >= 0.3 is 0 Å². The maximum atomic E-state index is 5.93. The summed E-state index contributed by atoms with van der Waals surface area (Å²) in [6, 6.07) is 11.2. The van der Waals surface area contributed by atoms with Crippen LogP contribution < -0.4 is 0 Å². The fourth-order valence-corrected chi connectivity index (χ4v) is 5.53. The summed E-state index contributed by atoms with van der Waals surface area (Å²) in [5.74, 6) is 4.54. The fourth-order valence-electron chi connectivity index (χ4n) is 5.53. The van der Waals surface area contributed by atoms with Crippen LogP contribution in [0.25, 0.3) is 0 Å². The molecule has 1 heterocycles. The van der Waals surface area contributed by atoms with Crippen molar-refractivity contribution in [1.82, 2.24) is 0 Å². The summed E-state index contributed by atoms with van der Waals surface area (Å²) < 4.78 is 5.93. The highest BCUT2D eigenvalue weighted by Gasteiger charge is 2.72. The summed E-state index contributed by atoms with van der Waals surface area (Å²) in [5.41, 5.74) is 1.59. The third-order valence-corrected chi connectivity index (χ3v) is 5.95. The summed E-state index contributed by atoms with van der Waals surface area (Å²) in [6.07, 6.45) is 5.71. The summed E-state index contributed by atoms with van der Waals surface area (Å²) in [5, 5.41) is 0. The van der Waals surface area contributed by atoms with Gasteiger partial charge < -0.3 is 4.74 Å². The average molecular weight is 226 g/mol. The monoisotopic (exact) mass is 226 g/mol. The molecule has 1 aromatic rings. The molecule has 1 aromatic carbocycles. The maximum Gasteiger partial charge on any atom is 0.0881 e. The van der Waals surface area contributed by atoms with Crippen molar-refractivity contribution in [2.75, 3.05) is 0 Å². The Morgan fingerprint density at radius 3 is 2.18 bits per heavy atom. The Morgan fingerprint density at radius 1 is 0.882 bits per heavy atom. The minimum atomic E-state index is 0.643. The van der Waals surface area contributed by atoms with Crippen LogP contribution in [-0.4, -0.2) is 12.2 Å². The molecule has 0 N–H and O–H groups in total. The van der Waals surface area contributed by atoms with Crippen molar-refractivity contribution in [3.05, 3.63) is 35.9 Å². The fraction of sp³-hybridized carbons (Fsp3) is 0.625. The summed E-state index contributed by atoms with van der Waals surface area (Å²) in [7, 11) is 0. The van der Waals surface area contributed by atoms with E-state index in [0.717, 1.165) is 29.6 Å². The zero-order chi connectivity index (χ0) is 11.0. The van der Waals surface area contributed by atoms with Crippen LogP contribution >= 0.6 is 0 Å². The minimum Gasteiger partial charge on any atom is -0.369 e. The average Bonchev–Trinajstić information content (AvgIpc) is 2.80.